The maximum atomic E-state index is 10.2. The van der Waals surface area contributed by atoms with Gasteiger partial charge in [0.05, 0.1) is 5.75 Å². The van der Waals surface area contributed by atoms with E-state index < -0.39 is 0 Å². The van der Waals surface area contributed by atoms with Crippen LogP contribution in [-0.4, -0.2) is 17.2 Å². The van der Waals surface area contributed by atoms with Gasteiger partial charge in [-0.1, -0.05) is 0 Å². The van der Waals surface area contributed by atoms with E-state index in [1.807, 2.05) is 0 Å². The smallest absolute Gasteiger partial charge is 0.231 e. The minimum Gasteiger partial charge on any atom is -0.331 e. The normalized spacial score (nSPS) is 30.4. The molecule has 1 rings (SSSR count). The van der Waals surface area contributed by atoms with Crippen LogP contribution in [0.2, 0.25) is 0 Å². The first-order valence-electron chi connectivity index (χ1n) is 1.95. The predicted molar refractivity (Wildman–Crippen MR) is 28.6 cm³/mol. The molecule has 1 atom stereocenters. The molecule has 1 aliphatic rings. The maximum absolute atomic E-state index is 10.2. The van der Waals surface area contributed by atoms with Crippen LogP contribution in [0.3, 0.4) is 0 Å². The van der Waals surface area contributed by atoms with Gasteiger partial charge < -0.3 is 11.1 Å². The molecule has 3 N–H and O–H groups in total. The lowest BCUT2D eigenvalue weighted by Gasteiger charge is -1.95. The summed E-state index contributed by atoms with van der Waals surface area (Å²) in [6.45, 7) is 0. The van der Waals surface area contributed by atoms with Crippen molar-refractivity contribution in [3.05, 3.63) is 0 Å². The van der Waals surface area contributed by atoms with Crippen LogP contribution in [0.25, 0.3) is 0 Å². The average molecular weight is 118 g/mol. The first-order valence-corrected chi connectivity index (χ1v) is 3.00. The fourth-order valence-corrected chi connectivity index (χ4v) is 1.04. The summed E-state index contributed by atoms with van der Waals surface area (Å²) in [5.41, 5.74) is 5.10. The van der Waals surface area contributed by atoms with Crippen LogP contribution in [-0.2, 0) is 4.79 Å². The van der Waals surface area contributed by atoms with Gasteiger partial charge in [0.15, 0.2) is 0 Å². The molecule has 4 heteroatoms. The number of amides is 1. The monoisotopic (exact) mass is 118 g/mol. The summed E-state index contributed by atoms with van der Waals surface area (Å²) in [6, 6.07) is 0. The number of thioether (sulfide) groups is 1. The third-order valence-electron chi connectivity index (χ3n) is 0.697. The van der Waals surface area contributed by atoms with Crippen LogP contribution in [0.4, 0.5) is 0 Å². The largest absolute Gasteiger partial charge is 0.331 e. The molecule has 0 aromatic carbocycles. The first-order chi connectivity index (χ1) is 3.29. The summed E-state index contributed by atoms with van der Waals surface area (Å²) < 4.78 is 0. The van der Waals surface area contributed by atoms with Crippen LogP contribution in [0.5, 0.6) is 0 Å². The topological polar surface area (TPSA) is 55.1 Å². The molecule has 1 fully saturated rings. The molecule has 0 aliphatic carbocycles. The summed E-state index contributed by atoms with van der Waals surface area (Å²) >= 11 is 1.42. The second-order valence-corrected chi connectivity index (χ2v) is 2.43. The number of hydrogen-bond donors (Lipinski definition) is 2. The van der Waals surface area contributed by atoms with E-state index >= 15 is 0 Å². The van der Waals surface area contributed by atoms with Crippen molar-refractivity contribution >= 4 is 17.7 Å². The Morgan fingerprint density at radius 1 is 2.00 bits per heavy atom. The van der Waals surface area contributed by atoms with Gasteiger partial charge in [0.1, 0.15) is 5.50 Å². The van der Waals surface area contributed by atoms with Crippen LogP contribution in [0.15, 0.2) is 0 Å². The molecule has 1 saturated heterocycles. The second kappa shape index (κ2) is 1.71. The third-order valence-corrected chi connectivity index (χ3v) is 1.60. The van der Waals surface area contributed by atoms with Crippen LogP contribution < -0.4 is 11.1 Å². The highest BCUT2D eigenvalue weighted by Gasteiger charge is 2.15. The minimum atomic E-state index is -0.160. The molecule has 1 amide bonds. The molecule has 3 nitrogen and oxygen atoms in total. The fraction of sp³-hybridized carbons (Fsp3) is 0.667. The zero-order chi connectivity index (χ0) is 5.28. The summed E-state index contributed by atoms with van der Waals surface area (Å²) in [7, 11) is 0. The van der Waals surface area contributed by atoms with Gasteiger partial charge in [0.2, 0.25) is 5.91 Å². The van der Waals surface area contributed by atoms with Crippen molar-refractivity contribution in [2.24, 2.45) is 5.73 Å². The zero-order valence-electron chi connectivity index (χ0n) is 3.68. The van der Waals surface area contributed by atoms with Crippen molar-refractivity contribution in [2.45, 2.75) is 5.50 Å². The molecule has 0 spiro atoms. The third kappa shape index (κ3) is 1.07. The molecule has 0 radical (unpaired) electrons. The summed E-state index contributed by atoms with van der Waals surface area (Å²) in [5.74, 6) is 0.554. The van der Waals surface area contributed by atoms with E-state index in [2.05, 4.69) is 5.32 Å². The van der Waals surface area contributed by atoms with Crippen LogP contribution >= 0.6 is 11.8 Å². The van der Waals surface area contributed by atoms with Crippen molar-refractivity contribution in [3.63, 3.8) is 0 Å². The van der Waals surface area contributed by atoms with Crippen LogP contribution in [0.1, 0.15) is 0 Å². The molecule has 0 aromatic heterocycles. The molecule has 0 unspecified atom stereocenters. The van der Waals surface area contributed by atoms with Crippen molar-refractivity contribution in [2.75, 3.05) is 5.75 Å². The number of carbonyl (C=O) groups is 1. The van der Waals surface area contributed by atoms with Gasteiger partial charge >= 0.3 is 0 Å². The number of carbonyl (C=O) groups excluding carboxylic acids is 1. The van der Waals surface area contributed by atoms with Gasteiger partial charge in [-0.25, -0.2) is 0 Å². The summed E-state index contributed by atoms with van der Waals surface area (Å²) in [6.07, 6.45) is 0. The maximum Gasteiger partial charge on any atom is 0.231 e. The lowest BCUT2D eigenvalue weighted by Crippen LogP contribution is -2.31. The standard InChI is InChI=1S/C3H6N2OS/c4-3-5-2(6)1-7-3/h3H,1,4H2,(H,5,6)/t3-/m1/s1. The van der Waals surface area contributed by atoms with Crippen molar-refractivity contribution < 1.29 is 4.79 Å². The van der Waals surface area contributed by atoms with Crippen molar-refractivity contribution in [3.8, 4) is 0 Å². The van der Waals surface area contributed by atoms with E-state index in [1.165, 1.54) is 11.8 Å². The molecule has 0 bridgehead atoms. The molecule has 40 valence electrons. The van der Waals surface area contributed by atoms with Gasteiger partial charge in [-0.3, -0.25) is 4.79 Å². The molecular weight excluding hydrogens is 112 g/mol. The van der Waals surface area contributed by atoms with E-state index in [9.17, 15) is 4.79 Å². The second-order valence-electron chi connectivity index (χ2n) is 1.30. The lowest BCUT2D eigenvalue weighted by molar-refractivity contribution is -0.118. The Labute approximate surface area is 45.6 Å². The highest BCUT2D eigenvalue weighted by atomic mass is 32.2. The van der Waals surface area contributed by atoms with Gasteiger partial charge in [-0.15, -0.1) is 11.8 Å². The fourth-order valence-electron chi connectivity index (χ4n) is 0.407. The molecular formula is C3H6N2OS. The van der Waals surface area contributed by atoms with Gasteiger partial charge in [-0.2, -0.15) is 0 Å². The number of hydrogen-bond acceptors (Lipinski definition) is 3. The number of nitrogens with two attached hydrogens (primary N) is 1. The van der Waals surface area contributed by atoms with Crippen LogP contribution in [0, 0.1) is 0 Å². The van der Waals surface area contributed by atoms with Gasteiger partial charge in [-0.05, 0) is 0 Å². The molecule has 1 aliphatic heterocycles. The van der Waals surface area contributed by atoms with Gasteiger partial charge in [0.25, 0.3) is 0 Å². The summed E-state index contributed by atoms with van der Waals surface area (Å²) in [4.78, 5) is 10.2. The molecule has 0 saturated carbocycles. The quantitative estimate of drug-likeness (QED) is 0.433. The first kappa shape index (κ1) is 4.93. The molecule has 0 aromatic rings. The van der Waals surface area contributed by atoms with Crippen molar-refractivity contribution in [1.29, 1.82) is 0 Å². The lowest BCUT2D eigenvalue weighted by atomic mass is 10.7. The Hall–Kier alpha value is -0.220. The molecule has 7 heavy (non-hydrogen) atoms. The Morgan fingerprint density at radius 3 is 2.86 bits per heavy atom. The zero-order valence-corrected chi connectivity index (χ0v) is 4.49. The van der Waals surface area contributed by atoms with Gasteiger partial charge in [0, 0.05) is 0 Å². The van der Waals surface area contributed by atoms with E-state index in [0.717, 1.165) is 0 Å². The number of nitrogens with one attached hydrogen (secondary N) is 1. The SMILES string of the molecule is N[C@@H]1NC(=O)CS1. The van der Waals surface area contributed by atoms with E-state index in [0.29, 0.717) is 5.75 Å². The Balaban J connectivity index is 2.40. The van der Waals surface area contributed by atoms with Crippen molar-refractivity contribution in [1.82, 2.24) is 5.32 Å². The van der Waals surface area contributed by atoms with E-state index in [-0.39, 0.29) is 11.4 Å². The highest BCUT2D eigenvalue weighted by molar-refractivity contribution is 8.00. The minimum absolute atomic E-state index is 0.0394. The highest BCUT2D eigenvalue weighted by Crippen LogP contribution is 2.07. The Kier molecular flexibility index (Phi) is 1.21. The van der Waals surface area contributed by atoms with E-state index in [4.69, 9.17) is 5.73 Å². The Morgan fingerprint density at radius 2 is 2.71 bits per heavy atom. The Bertz CT molecular complexity index is 94.9. The predicted octanol–water partition coefficient (Wildman–Crippen LogP) is -0.908. The number of rotatable bonds is 0. The van der Waals surface area contributed by atoms with E-state index in [1.54, 1.807) is 0 Å². The molecule has 1 heterocycles. The average Bonchev–Trinajstić information content (AvgIpc) is 1.87. The summed E-state index contributed by atoms with van der Waals surface area (Å²) in [5, 5.41) is 2.52.